The smallest absolute Gasteiger partial charge is 0.224 e. The molecule has 0 radical (unpaired) electrons. The van der Waals surface area contributed by atoms with E-state index >= 15 is 0 Å². The molecule has 1 amide bonds. The Bertz CT molecular complexity index is 812. The molecular weight excluding hydrogens is 406 g/mol. The fourth-order valence-corrected chi connectivity index (χ4v) is 2.96. The number of rotatable bonds is 13. The summed E-state index contributed by atoms with van der Waals surface area (Å²) in [5.41, 5.74) is 24.6. The van der Waals surface area contributed by atoms with Crippen LogP contribution in [-0.2, 0) is 4.79 Å². The summed E-state index contributed by atoms with van der Waals surface area (Å²) in [6.45, 7) is 5.73. The van der Waals surface area contributed by atoms with Crippen molar-refractivity contribution < 1.29 is 4.79 Å². The Hall–Kier alpha value is -3.43. The predicted molar refractivity (Wildman–Crippen MR) is 134 cm³/mol. The Labute approximate surface area is 190 Å². The van der Waals surface area contributed by atoms with Gasteiger partial charge in [0.15, 0.2) is 0 Å². The summed E-state index contributed by atoms with van der Waals surface area (Å²) in [6, 6.07) is 5.45. The number of carbonyl (C=O) groups is 1. The van der Waals surface area contributed by atoms with Crippen LogP contribution < -0.4 is 28.3 Å². The first kappa shape index (κ1) is 26.6. The topological polar surface area (TPSA) is 183 Å². The molecule has 32 heavy (non-hydrogen) atoms. The largest absolute Gasteiger partial charge is 0.369 e. The fraction of sp³-hybridized carbons (Fsp3) is 0.500. The second-order valence-corrected chi connectivity index (χ2v) is 7.64. The Balaban J connectivity index is 2.95. The van der Waals surface area contributed by atoms with Crippen molar-refractivity contribution >= 4 is 34.9 Å². The van der Waals surface area contributed by atoms with Gasteiger partial charge in [-0.3, -0.25) is 4.79 Å². The van der Waals surface area contributed by atoms with Crippen LogP contribution >= 0.6 is 0 Å². The highest BCUT2D eigenvalue weighted by Crippen LogP contribution is 2.18. The van der Waals surface area contributed by atoms with Gasteiger partial charge >= 0.3 is 0 Å². The minimum absolute atomic E-state index is 0.0423. The molecule has 0 aliphatic heterocycles. The van der Waals surface area contributed by atoms with E-state index in [4.69, 9.17) is 22.9 Å². The van der Waals surface area contributed by atoms with Crippen molar-refractivity contribution in [2.75, 3.05) is 5.32 Å². The molecule has 0 saturated heterocycles. The molecule has 1 aromatic carbocycles. The molecule has 0 unspecified atom stereocenters. The van der Waals surface area contributed by atoms with E-state index in [0.717, 1.165) is 30.4 Å². The van der Waals surface area contributed by atoms with E-state index in [1.54, 1.807) is 26.0 Å². The van der Waals surface area contributed by atoms with E-state index in [9.17, 15) is 4.79 Å². The Morgan fingerprint density at radius 1 is 0.750 bits per heavy atom. The van der Waals surface area contributed by atoms with E-state index in [1.807, 2.05) is 6.07 Å². The van der Waals surface area contributed by atoms with Crippen LogP contribution in [0.15, 0.2) is 38.6 Å². The van der Waals surface area contributed by atoms with Crippen LogP contribution in [0.25, 0.3) is 0 Å². The number of hydrogen-bond donors (Lipinski definition) is 5. The van der Waals surface area contributed by atoms with Crippen LogP contribution in [0.4, 0.5) is 5.69 Å². The number of benzene rings is 1. The number of amides is 1. The quantitative estimate of drug-likeness (QED) is 0.136. The first-order chi connectivity index (χ1) is 15.2. The van der Waals surface area contributed by atoms with Gasteiger partial charge in [-0.2, -0.15) is 10.2 Å². The van der Waals surface area contributed by atoms with Crippen molar-refractivity contribution in [2.45, 2.75) is 72.1 Å². The van der Waals surface area contributed by atoms with Crippen LogP contribution in [0.1, 0.15) is 83.3 Å². The third-order valence-corrected chi connectivity index (χ3v) is 4.69. The molecule has 0 atom stereocenters. The molecule has 0 fully saturated rings. The molecule has 0 aromatic heterocycles. The van der Waals surface area contributed by atoms with E-state index in [1.165, 1.54) is 25.7 Å². The molecule has 0 bridgehead atoms. The lowest BCUT2D eigenvalue weighted by atomic mass is 10.0. The Morgan fingerprint density at radius 2 is 1.22 bits per heavy atom. The second kappa shape index (κ2) is 14.6. The molecule has 0 heterocycles. The van der Waals surface area contributed by atoms with Crippen LogP contribution in [0.2, 0.25) is 0 Å². The molecule has 1 aromatic rings. The van der Waals surface area contributed by atoms with Crippen LogP contribution in [0.5, 0.6) is 0 Å². The summed E-state index contributed by atoms with van der Waals surface area (Å²) in [5.74, 6) is -0.331. The highest BCUT2D eigenvalue weighted by atomic mass is 16.1. The van der Waals surface area contributed by atoms with Crippen molar-refractivity contribution in [2.24, 2.45) is 43.3 Å². The molecule has 0 spiro atoms. The van der Waals surface area contributed by atoms with E-state index in [-0.39, 0.29) is 17.8 Å². The number of carbonyl (C=O) groups excluding carboxylic acids is 1. The third-order valence-electron chi connectivity index (χ3n) is 4.69. The zero-order valence-electron chi connectivity index (χ0n) is 19.4. The van der Waals surface area contributed by atoms with Crippen molar-refractivity contribution in [1.29, 1.82) is 0 Å². The van der Waals surface area contributed by atoms with Gasteiger partial charge in [-0.15, -0.1) is 10.2 Å². The predicted octanol–water partition coefficient (Wildman–Crippen LogP) is 2.76. The SMILES string of the molecule is CCCCCCCCCC(=O)Nc1cc(/C(C)=N/N=C(N)N)cc(/C(C)=N/N=C(N)N)c1. The average Bonchev–Trinajstić information content (AvgIpc) is 2.74. The summed E-state index contributed by atoms with van der Waals surface area (Å²) in [5, 5.41) is 18.4. The summed E-state index contributed by atoms with van der Waals surface area (Å²) in [7, 11) is 0. The number of nitrogens with one attached hydrogen (secondary N) is 1. The first-order valence-electron chi connectivity index (χ1n) is 10.9. The molecule has 0 aliphatic rings. The van der Waals surface area contributed by atoms with Crippen molar-refractivity contribution in [1.82, 2.24) is 0 Å². The molecular formula is C22H37N9O. The summed E-state index contributed by atoms with van der Waals surface area (Å²) < 4.78 is 0. The minimum atomic E-state index is -0.144. The second-order valence-electron chi connectivity index (χ2n) is 7.64. The number of hydrogen-bond acceptors (Lipinski definition) is 5. The van der Waals surface area contributed by atoms with E-state index < -0.39 is 0 Å². The number of unbranched alkanes of at least 4 members (excludes halogenated alkanes) is 6. The maximum atomic E-state index is 12.5. The van der Waals surface area contributed by atoms with Gasteiger partial charge < -0.3 is 28.3 Å². The molecule has 176 valence electrons. The summed E-state index contributed by atoms with van der Waals surface area (Å²) in [6.07, 6.45) is 8.54. The van der Waals surface area contributed by atoms with E-state index in [0.29, 0.717) is 23.5 Å². The van der Waals surface area contributed by atoms with Crippen molar-refractivity contribution in [3.63, 3.8) is 0 Å². The van der Waals surface area contributed by atoms with Gasteiger partial charge in [0.2, 0.25) is 17.8 Å². The van der Waals surface area contributed by atoms with Gasteiger partial charge in [-0.25, -0.2) is 0 Å². The third kappa shape index (κ3) is 11.1. The summed E-state index contributed by atoms with van der Waals surface area (Å²) in [4.78, 5) is 12.5. The van der Waals surface area contributed by atoms with Crippen molar-refractivity contribution in [3.8, 4) is 0 Å². The fourth-order valence-electron chi connectivity index (χ4n) is 2.96. The zero-order chi connectivity index (χ0) is 23.9. The summed E-state index contributed by atoms with van der Waals surface area (Å²) >= 11 is 0. The van der Waals surface area contributed by atoms with Gasteiger partial charge in [0.05, 0.1) is 11.4 Å². The molecule has 9 N–H and O–H groups in total. The lowest BCUT2D eigenvalue weighted by molar-refractivity contribution is -0.116. The van der Waals surface area contributed by atoms with Crippen molar-refractivity contribution in [3.05, 3.63) is 29.3 Å². The average molecular weight is 444 g/mol. The Morgan fingerprint density at radius 3 is 1.69 bits per heavy atom. The standard InChI is InChI=1S/C22H37N9O/c1-4-5-6-7-8-9-10-11-20(32)27-19-13-17(15(2)28-30-21(23)24)12-18(14-19)16(3)29-31-22(25)26/h12-14H,4-11H2,1-3H3,(H,27,32)(H4,23,24,30)(H4,25,26,31)/b28-15+,29-16+. The van der Waals surface area contributed by atoms with Crippen LogP contribution in [0.3, 0.4) is 0 Å². The molecule has 10 nitrogen and oxygen atoms in total. The van der Waals surface area contributed by atoms with E-state index in [2.05, 4.69) is 32.6 Å². The van der Waals surface area contributed by atoms with Gasteiger partial charge in [0.25, 0.3) is 0 Å². The van der Waals surface area contributed by atoms with Gasteiger partial charge in [0.1, 0.15) is 0 Å². The Kier molecular flexibility index (Phi) is 12.1. The number of anilines is 1. The number of guanidine groups is 2. The molecule has 1 rings (SSSR count). The van der Waals surface area contributed by atoms with Crippen LogP contribution in [0, 0.1) is 0 Å². The maximum Gasteiger partial charge on any atom is 0.224 e. The lowest BCUT2D eigenvalue weighted by Gasteiger charge is -2.11. The molecule has 0 aliphatic carbocycles. The maximum absolute atomic E-state index is 12.5. The molecule has 0 saturated carbocycles. The lowest BCUT2D eigenvalue weighted by Crippen LogP contribution is -2.22. The molecule has 10 heteroatoms. The first-order valence-corrected chi connectivity index (χ1v) is 10.9. The highest BCUT2D eigenvalue weighted by molar-refractivity contribution is 6.06. The van der Waals surface area contributed by atoms with Crippen LogP contribution in [-0.4, -0.2) is 29.2 Å². The van der Waals surface area contributed by atoms with Gasteiger partial charge in [0, 0.05) is 23.2 Å². The highest BCUT2D eigenvalue weighted by Gasteiger charge is 2.09. The minimum Gasteiger partial charge on any atom is -0.369 e. The normalized spacial score (nSPS) is 11.7. The number of nitrogens with zero attached hydrogens (tertiary/aromatic N) is 4. The number of nitrogens with two attached hydrogens (primary N) is 4. The van der Waals surface area contributed by atoms with Gasteiger partial charge in [-0.05, 0) is 38.5 Å². The monoisotopic (exact) mass is 443 g/mol. The zero-order valence-corrected chi connectivity index (χ0v) is 19.4. The van der Waals surface area contributed by atoms with Gasteiger partial charge in [-0.1, -0.05) is 45.4 Å².